The quantitative estimate of drug-likeness (QED) is 0.891. The number of carbonyl (C=O) groups is 1. The molecule has 4 heteroatoms. The first-order valence-electron chi connectivity index (χ1n) is 8.64. The smallest absolute Gasteiger partial charge is 0.223 e. The molecular formula is C19H26N2O2. The van der Waals surface area contributed by atoms with E-state index in [-0.39, 0.29) is 12.5 Å². The lowest BCUT2D eigenvalue weighted by atomic mass is 10.1. The molecule has 3 rings (SSSR count). The van der Waals surface area contributed by atoms with E-state index in [4.69, 9.17) is 5.11 Å². The molecule has 1 fully saturated rings. The predicted octanol–water partition coefficient (Wildman–Crippen LogP) is 2.87. The van der Waals surface area contributed by atoms with Gasteiger partial charge in [-0.25, -0.2) is 0 Å². The fourth-order valence-corrected chi connectivity index (χ4v) is 3.80. The second-order valence-electron chi connectivity index (χ2n) is 6.53. The molecule has 0 bridgehead atoms. The van der Waals surface area contributed by atoms with Crippen LogP contribution in [0, 0.1) is 0 Å². The normalized spacial score (nSPS) is 18.0. The number of hydrogen-bond donors (Lipinski definition) is 1. The molecule has 4 nitrogen and oxygen atoms in total. The lowest BCUT2D eigenvalue weighted by molar-refractivity contribution is -0.132. The molecule has 0 spiro atoms. The van der Waals surface area contributed by atoms with Crippen molar-refractivity contribution in [3.05, 3.63) is 36.0 Å². The van der Waals surface area contributed by atoms with Crippen molar-refractivity contribution in [2.45, 2.75) is 44.6 Å². The van der Waals surface area contributed by atoms with E-state index in [1.54, 1.807) is 0 Å². The Kier molecular flexibility index (Phi) is 5.01. The molecule has 1 aromatic heterocycles. The number of benzene rings is 1. The van der Waals surface area contributed by atoms with Gasteiger partial charge >= 0.3 is 0 Å². The largest absolute Gasteiger partial charge is 0.396 e. The summed E-state index contributed by atoms with van der Waals surface area (Å²) in [5, 5.41) is 10.3. The number of para-hydroxylation sites is 1. The molecule has 0 aliphatic carbocycles. The van der Waals surface area contributed by atoms with Crippen LogP contribution in [0.5, 0.6) is 0 Å². The van der Waals surface area contributed by atoms with Gasteiger partial charge in [-0.15, -0.1) is 0 Å². The Hall–Kier alpha value is -1.81. The zero-order chi connectivity index (χ0) is 16.2. The first-order valence-corrected chi connectivity index (χ1v) is 8.64. The summed E-state index contributed by atoms with van der Waals surface area (Å²) in [6.45, 7) is 1.10. The molecule has 1 aromatic carbocycles. The number of amides is 1. The third-order valence-corrected chi connectivity index (χ3v) is 4.98. The van der Waals surface area contributed by atoms with Gasteiger partial charge in [-0.1, -0.05) is 18.2 Å². The van der Waals surface area contributed by atoms with Crippen molar-refractivity contribution in [2.24, 2.45) is 7.05 Å². The van der Waals surface area contributed by atoms with E-state index < -0.39 is 0 Å². The summed E-state index contributed by atoms with van der Waals surface area (Å²) in [6.07, 6.45) is 7.41. The Labute approximate surface area is 137 Å². The maximum atomic E-state index is 12.6. The van der Waals surface area contributed by atoms with Crippen molar-refractivity contribution < 1.29 is 9.90 Å². The Morgan fingerprint density at radius 3 is 3.00 bits per heavy atom. The first-order chi connectivity index (χ1) is 11.2. The van der Waals surface area contributed by atoms with Gasteiger partial charge in [-0.3, -0.25) is 4.79 Å². The van der Waals surface area contributed by atoms with Crippen LogP contribution in [-0.4, -0.2) is 39.7 Å². The molecule has 124 valence electrons. The lowest BCUT2D eigenvalue weighted by Gasteiger charge is -2.24. The number of hydrogen-bond acceptors (Lipinski definition) is 2. The van der Waals surface area contributed by atoms with Crippen LogP contribution in [0.4, 0.5) is 0 Å². The average Bonchev–Trinajstić information content (AvgIpc) is 3.16. The monoisotopic (exact) mass is 314 g/mol. The van der Waals surface area contributed by atoms with Crippen molar-refractivity contribution >= 4 is 16.8 Å². The van der Waals surface area contributed by atoms with Gasteiger partial charge in [0.2, 0.25) is 5.91 Å². The molecule has 2 heterocycles. The fourth-order valence-electron chi connectivity index (χ4n) is 3.80. The highest BCUT2D eigenvalue weighted by Crippen LogP contribution is 2.25. The standard InChI is InChI=1S/C19H26N2O2/c1-20-14-15(17-8-2-3-9-18(17)20)10-11-19(23)21-12-4-6-16(21)7-5-13-22/h2-3,8-9,14,16,22H,4-7,10-13H2,1H3. The summed E-state index contributed by atoms with van der Waals surface area (Å²) < 4.78 is 2.13. The molecule has 1 saturated heterocycles. The molecule has 1 aliphatic rings. The minimum absolute atomic E-state index is 0.217. The number of rotatable bonds is 6. The van der Waals surface area contributed by atoms with Crippen LogP contribution >= 0.6 is 0 Å². The number of nitrogens with zero attached hydrogens (tertiary/aromatic N) is 2. The Morgan fingerprint density at radius 2 is 2.17 bits per heavy atom. The van der Waals surface area contributed by atoms with E-state index >= 15 is 0 Å². The zero-order valence-corrected chi connectivity index (χ0v) is 13.9. The zero-order valence-electron chi connectivity index (χ0n) is 13.9. The van der Waals surface area contributed by atoms with Crippen LogP contribution in [0.2, 0.25) is 0 Å². The predicted molar refractivity (Wildman–Crippen MR) is 92.3 cm³/mol. The number of aryl methyl sites for hydroxylation is 2. The number of aliphatic hydroxyl groups is 1. The highest BCUT2D eigenvalue weighted by Gasteiger charge is 2.27. The SMILES string of the molecule is Cn1cc(CCC(=O)N2CCCC2CCCO)c2ccccc21. The minimum atomic E-state index is 0.217. The first kappa shape index (κ1) is 16.1. The average molecular weight is 314 g/mol. The van der Waals surface area contributed by atoms with Crippen molar-refractivity contribution in [3.63, 3.8) is 0 Å². The van der Waals surface area contributed by atoms with Gasteiger partial charge in [-0.2, -0.15) is 0 Å². The molecule has 0 saturated carbocycles. The van der Waals surface area contributed by atoms with Crippen molar-refractivity contribution in [2.75, 3.05) is 13.2 Å². The van der Waals surface area contributed by atoms with Gasteiger partial charge in [0.15, 0.2) is 0 Å². The topological polar surface area (TPSA) is 45.5 Å². The fraction of sp³-hybridized carbons (Fsp3) is 0.526. The highest BCUT2D eigenvalue weighted by molar-refractivity contribution is 5.85. The number of fused-ring (bicyclic) bond motifs is 1. The molecule has 1 amide bonds. The molecule has 23 heavy (non-hydrogen) atoms. The van der Waals surface area contributed by atoms with Gasteiger partial charge in [0.05, 0.1) is 0 Å². The van der Waals surface area contributed by atoms with Crippen LogP contribution in [0.25, 0.3) is 10.9 Å². The van der Waals surface area contributed by atoms with Crippen molar-refractivity contribution in [3.8, 4) is 0 Å². The lowest BCUT2D eigenvalue weighted by Crippen LogP contribution is -2.35. The summed E-state index contributed by atoms with van der Waals surface area (Å²) in [5.74, 6) is 0.262. The second-order valence-corrected chi connectivity index (χ2v) is 6.53. The van der Waals surface area contributed by atoms with Gasteiger partial charge in [0.1, 0.15) is 0 Å². The van der Waals surface area contributed by atoms with Gasteiger partial charge in [-0.05, 0) is 43.7 Å². The Balaban J connectivity index is 1.64. The summed E-state index contributed by atoms with van der Waals surface area (Å²) in [5.41, 5.74) is 2.47. The van der Waals surface area contributed by atoms with E-state index in [0.717, 1.165) is 38.6 Å². The van der Waals surface area contributed by atoms with E-state index in [9.17, 15) is 4.79 Å². The van der Waals surface area contributed by atoms with Crippen molar-refractivity contribution in [1.29, 1.82) is 0 Å². The number of carbonyl (C=O) groups excluding carboxylic acids is 1. The van der Waals surface area contributed by atoms with E-state index in [1.807, 2.05) is 11.0 Å². The maximum absolute atomic E-state index is 12.6. The number of aliphatic hydroxyl groups excluding tert-OH is 1. The van der Waals surface area contributed by atoms with E-state index in [0.29, 0.717) is 12.5 Å². The van der Waals surface area contributed by atoms with E-state index in [1.165, 1.54) is 16.5 Å². The van der Waals surface area contributed by atoms with Crippen LogP contribution in [0.15, 0.2) is 30.5 Å². The van der Waals surface area contributed by atoms with Gasteiger partial charge in [0.25, 0.3) is 0 Å². The van der Waals surface area contributed by atoms with E-state index in [2.05, 4.69) is 36.0 Å². The molecule has 1 aliphatic heterocycles. The van der Waals surface area contributed by atoms with Gasteiger partial charge < -0.3 is 14.6 Å². The van der Waals surface area contributed by atoms with Crippen LogP contribution in [0.3, 0.4) is 0 Å². The molecule has 2 aromatic rings. The maximum Gasteiger partial charge on any atom is 0.223 e. The third kappa shape index (κ3) is 3.42. The molecule has 1 unspecified atom stereocenters. The minimum Gasteiger partial charge on any atom is -0.396 e. The van der Waals surface area contributed by atoms with Crippen molar-refractivity contribution in [1.82, 2.24) is 9.47 Å². The molecule has 0 radical (unpaired) electrons. The molecule has 1 atom stereocenters. The number of likely N-dealkylation sites (tertiary alicyclic amines) is 1. The summed E-state index contributed by atoms with van der Waals surface area (Å²) in [6, 6.07) is 8.69. The highest BCUT2D eigenvalue weighted by atomic mass is 16.3. The number of aromatic nitrogens is 1. The molecule has 1 N–H and O–H groups in total. The summed E-state index contributed by atoms with van der Waals surface area (Å²) in [4.78, 5) is 14.6. The van der Waals surface area contributed by atoms with Crippen LogP contribution < -0.4 is 0 Å². The third-order valence-electron chi connectivity index (χ3n) is 4.98. The summed E-state index contributed by atoms with van der Waals surface area (Å²) in [7, 11) is 2.05. The second kappa shape index (κ2) is 7.18. The molecular weight excluding hydrogens is 288 g/mol. The Bertz CT molecular complexity index is 677. The van der Waals surface area contributed by atoms with Crippen LogP contribution in [-0.2, 0) is 18.3 Å². The summed E-state index contributed by atoms with van der Waals surface area (Å²) >= 11 is 0. The van der Waals surface area contributed by atoms with Gasteiger partial charge in [0, 0.05) is 49.8 Å². The van der Waals surface area contributed by atoms with Crippen LogP contribution in [0.1, 0.15) is 37.7 Å². The Morgan fingerprint density at radius 1 is 1.35 bits per heavy atom.